The second-order valence-electron chi connectivity index (χ2n) is 4.81. The van der Waals surface area contributed by atoms with Crippen molar-refractivity contribution in [2.75, 3.05) is 12.0 Å². The Bertz CT molecular complexity index is 691. The number of para-hydroxylation sites is 1. The van der Waals surface area contributed by atoms with Crippen LogP contribution in [0.25, 0.3) is 0 Å². The van der Waals surface area contributed by atoms with E-state index in [2.05, 4.69) is 5.32 Å². The van der Waals surface area contributed by atoms with Crippen LogP contribution in [-0.4, -0.2) is 27.2 Å². The van der Waals surface area contributed by atoms with E-state index in [9.17, 15) is 14.1 Å². The van der Waals surface area contributed by atoms with Gasteiger partial charge in [-0.25, -0.2) is 0 Å². The maximum atomic E-state index is 12.4. The third-order valence-corrected chi connectivity index (χ3v) is 4.25. The molecule has 0 saturated heterocycles. The van der Waals surface area contributed by atoms with E-state index in [4.69, 9.17) is 11.6 Å². The molecule has 116 valence electrons. The summed E-state index contributed by atoms with van der Waals surface area (Å²) in [6, 6.07) is 13.5. The van der Waals surface area contributed by atoms with E-state index in [1.165, 1.54) is 12.1 Å². The number of carbonyl (C=O) groups excluding carboxylic acids is 1. The highest BCUT2D eigenvalue weighted by atomic mass is 35.5. The molecule has 2 aromatic rings. The zero-order valence-electron chi connectivity index (χ0n) is 12.0. The number of amides is 1. The lowest BCUT2D eigenvalue weighted by Gasteiger charge is -2.18. The number of hydrogen-bond donors (Lipinski definition) is 2. The lowest BCUT2D eigenvalue weighted by atomic mass is 10.1. The first-order valence-electron chi connectivity index (χ1n) is 6.62. The van der Waals surface area contributed by atoms with Gasteiger partial charge in [0.25, 0.3) is 5.91 Å². The van der Waals surface area contributed by atoms with E-state index in [0.29, 0.717) is 0 Å². The van der Waals surface area contributed by atoms with Gasteiger partial charge in [0.15, 0.2) is 0 Å². The van der Waals surface area contributed by atoms with Crippen LogP contribution in [0.5, 0.6) is 5.75 Å². The molecule has 2 atom stereocenters. The van der Waals surface area contributed by atoms with Gasteiger partial charge in [-0.3, -0.25) is 9.00 Å². The van der Waals surface area contributed by atoms with Crippen molar-refractivity contribution in [2.24, 2.45) is 0 Å². The van der Waals surface area contributed by atoms with Gasteiger partial charge in [0, 0.05) is 22.8 Å². The summed E-state index contributed by atoms with van der Waals surface area (Å²) in [5.41, 5.74) is 0.947. The quantitative estimate of drug-likeness (QED) is 0.881. The molecule has 2 aromatic carbocycles. The van der Waals surface area contributed by atoms with Gasteiger partial charge in [0.1, 0.15) is 5.75 Å². The van der Waals surface area contributed by atoms with Crippen LogP contribution in [-0.2, 0) is 10.8 Å². The van der Waals surface area contributed by atoms with Crippen molar-refractivity contribution in [3.63, 3.8) is 0 Å². The van der Waals surface area contributed by atoms with Crippen LogP contribution in [0, 0.1) is 0 Å². The molecule has 4 nitrogen and oxygen atoms in total. The maximum Gasteiger partial charge on any atom is 0.255 e. The fraction of sp³-hybridized carbons (Fsp3) is 0.188. The lowest BCUT2D eigenvalue weighted by Crippen LogP contribution is -2.32. The van der Waals surface area contributed by atoms with Crippen molar-refractivity contribution >= 4 is 28.3 Å². The summed E-state index contributed by atoms with van der Waals surface area (Å²) in [5.74, 6) is -0.428. The molecule has 2 unspecified atom stereocenters. The number of benzene rings is 2. The predicted molar refractivity (Wildman–Crippen MR) is 88.7 cm³/mol. The summed E-state index contributed by atoms with van der Waals surface area (Å²) < 4.78 is 11.6. The minimum absolute atomic E-state index is 0.0929. The summed E-state index contributed by atoms with van der Waals surface area (Å²) in [5, 5.41) is 12.8. The van der Waals surface area contributed by atoms with E-state index in [0.717, 1.165) is 5.56 Å². The van der Waals surface area contributed by atoms with Crippen molar-refractivity contribution in [3.8, 4) is 5.75 Å². The molecule has 0 aliphatic heterocycles. The number of aromatic hydroxyl groups is 1. The van der Waals surface area contributed by atoms with E-state index < -0.39 is 22.7 Å². The highest BCUT2D eigenvalue weighted by Crippen LogP contribution is 2.27. The van der Waals surface area contributed by atoms with Gasteiger partial charge in [-0.05, 0) is 17.7 Å². The molecule has 2 N–H and O–H groups in total. The number of rotatable bonds is 5. The zero-order chi connectivity index (χ0) is 16.1. The van der Waals surface area contributed by atoms with Gasteiger partial charge in [-0.15, -0.1) is 0 Å². The SMILES string of the molecule is CS(=O)CC(NC(=O)c1cccc(Cl)c1O)c1ccccc1. The standard InChI is InChI=1S/C16H16ClNO3S/c1-22(21)10-14(11-6-3-2-4-7-11)18-16(20)12-8-5-9-13(17)15(12)19/h2-9,14,19H,10H2,1H3,(H,18,20). The van der Waals surface area contributed by atoms with Crippen molar-refractivity contribution < 1.29 is 14.1 Å². The molecular weight excluding hydrogens is 322 g/mol. The van der Waals surface area contributed by atoms with Crippen LogP contribution in [0.2, 0.25) is 5.02 Å². The Morgan fingerprint density at radius 3 is 2.55 bits per heavy atom. The molecule has 0 aliphatic carbocycles. The number of phenolic OH excluding ortho intramolecular Hbond substituents is 1. The minimum atomic E-state index is -1.08. The summed E-state index contributed by atoms with van der Waals surface area (Å²) in [7, 11) is -1.08. The molecule has 22 heavy (non-hydrogen) atoms. The van der Waals surface area contributed by atoms with Gasteiger partial charge < -0.3 is 10.4 Å². The maximum absolute atomic E-state index is 12.4. The van der Waals surface area contributed by atoms with E-state index in [1.54, 1.807) is 12.3 Å². The Hall–Kier alpha value is -1.85. The second kappa shape index (κ2) is 7.42. The third-order valence-electron chi connectivity index (χ3n) is 3.14. The monoisotopic (exact) mass is 337 g/mol. The number of halogens is 1. The molecular formula is C16H16ClNO3S. The molecule has 0 aromatic heterocycles. The Balaban J connectivity index is 2.25. The summed E-state index contributed by atoms with van der Waals surface area (Å²) in [4.78, 5) is 12.4. The number of nitrogens with one attached hydrogen (secondary N) is 1. The molecule has 6 heteroatoms. The van der Waals surface area contributed by atoms with Crippen molar-refractivity contribution in [2.45, 2.75) is 6.04 Å². The Labute approximate surface area is 136 Å². The molecule has 0 saturated carbocycles. The topological polar surface area (TPSA) is 66.4 Å². The van der Waals surface area contributed by atoms with Gasteiger partial charge in [-0.1, -0.05) is 48.0 Å². The average molecular weight is 338 g/mol. The van der Waals surface area contributed by atoms with Crippen molar-refractivity contribution in [3.05, 3.63) is 64.7 Å². The first-order valence-corrected chi connectivity index (χ1v) is 8.73. The fourth-order valence-corrected chi connectivity index (χ4v) is 3.00. The smallest absolute Gasteiger partial charge is 0.255 e. The van der Waals surface area contributed by atoms with E-state index in [1.807, 2.05) is 30.3 Å². The molecule has 0 spiro atoms. The number of phenols is 1. The van der Waals surface area contributed by atoms with Crippen LogP contribution < -0.4 is 5.32 Å². The van der Waals surface area contributed by atoms with E-state index in [-0.39, 0.29) is 22.1 Å². The molecule has 2 rings (SSSR count). The van der Waals surface area contributed by atoms with Gasteiger partial charge in [0.2, 0.25) is 0 Å². The Morgan fingerprint density at radius 2 is 1.91 bits per heavy atom. The number of hydrogen-bond acceptors (Lipinski definition) is 3. The van der Waals surface area contributed by atoms with Gasteiger partial charge in [0.05, 0.1) is 16.6 Å². The Morgan fingerprint density at radius 1 is 1.23 bits per heavy atom. The Kier molecular flexibility index (Phi) is 5.57. The number of carbonyl (C=O) groups is 1. The fourth-order valence-electron chi connectivity index (χ4n) is 2.08. The highest BCUT2D eigenvalue weighted by Gasteiger charge is 2.19. The van der Waals surface area contributed by atoms with Crippen LogP contribution in [0.4, 0.5) is 0 Å². The van der Waals surface area contributed by atoms with Gasteiger partial charge in [-0.2, -0.15) is 0 Å². The molecule has 0 fully saturated rings. The minimum Gasteiger partial charge on any atom is -0.506 e. The molecule has 0 aliphatic rings. The third kappa shape index (κ3) is 4.08. The van der Waals surface area contributed by atoms with Crippen LogP contribution >= 0.6 is 11.6 Å². The van der Waals surface area contributed by atoms with Crippen molar-refractivity contribution in [1.29, 1.82) is 0 Å². The first kappa shape index (κ1) is 16.5. The van der Waals surface area contributed by atoms with Crippen LogP contribution in [0.1, 0.15) is 22.0 Å². The van der Waals surface area contributed by atoms with Crippen LogP contribution in [0.3, 0.4) is 0 Å². The zero-order valence-corrected chi connectivity index (χ0v) is 13.5. The highest BCUT2D eigenvalue weighted by molar-refractivity contribution is 7.84. The van der Waals surface area contributed by atoms with Crippen molar-refractivity contribution in [1.82, 2.24) is 5.32 Å². The second-order valence-corrected chi connectivity index (χ2v) is 6.70. The molecule has 0 heterocycles. The molecule has 0 bridgehead atoms. The predicted octanol–water partition coefficient (Wildman–Crippen LogP) is 2.90. The summed E-state index contributed by atoms with van der Waals surface area (Å²) in [6.45, 7) is 0. The lowest BCUT2D eigenvalue weighted by molar-refractivity contribution is 0.0938. The molecule has 1 amide bonds. The van der Waals surface area contributed by atoms with Crippen LogP contribution in [0.15, 0.2) is 48.5 Å². The van der Waals surface area contributed by atoms with E-state index >= 15 is 0 Å². The largest absolute Gasteiger partial charge is 0.506 e. The summed E-state index contributed by atoms with van der Waals surface area (Å²) in [6.07, 6.45) is 1.58. The normalized spacial score (nSPS) is 13.4. The average Bonchev–Trinajstić information content (AvgIpc) is 2.49. The van der Waals surface area contributed by atoms with Gasteiger partial charge >= 0.3 is 0 Å². The molecule has 0 radical (unpaired) electrons. The summed E-state index contributed by atoms with van der Waals surface area (Å²) >= 11 is 5.82. The first-order chi connectivity index (χ1) is 10.5.